The van der Waals surface area contributed by atoms with Gasteiger partial charge in [-0.25, -0.2) is 4.79 Å². The number of carbonyl (C=O) groups is 1. The molecule has 0 spiro atoms. The van der Waals surface area contributed by atoms with E-state index in [2.05, 4.69) is 23.9 Å². The van der Waals surface area contributed by atoms with E-state index < -0.39 is 0 Å². The van der Waals surface area contributed by atoms with Crippen LogP contribution in [0, 0.1) is 11.3 Å². The van der Waals surface area contributed by atoms with Gasteiger partial charge in [-0.15, -0.1) is 0 Å². The normalized spacial score (nSPS) is 17.3. The summed E-state index contributed by atoms with van der Waals surface area (Å²) in [7, 11) is 1.38. The van der Waals surface area contributed by atoms with Gasteiger partial charge in [0.2, 0.25) is 0 Å². The SMILES string of the molecule is COC(=O)c1coc(CNCC2(CC(C)C)CCCC2)c1. The topological polar surface area (TPSA) is 51.5 Å². The zero-order valence-corrected chi connectivity index (χ0v) is 13.4. The second-order valence-electron chi connectivity index (χ2n) is 6.70. The van der Waals surface area contributed by atoms with Crippen LogP contribution in [0.1, 0.15) is 62.1 Å². The molecule has 0 atom stereocenters. The highest BCUT2D eigenvalue weighted by atomic mass is 16.5. The minimum Gasteiger partial charge on any atom is -0.467 e. The molecule has 118 valence electrons. The predicted octanol–water partition coefficient (Wildman–Crippen LogP) is 3.76. The Hall–Kier alpha value is -1.29. The summed E-state index contributed by atoms with van der Waals surface area (Å²) in [6.07, 6.45) is 8.09. The summed E-state index contributed by atoms with van der Waals surface area (Å²) in [5, 5.41) is 3.51. The maximum atomic E-state index is 11.4. The van der Waals surface area contributed by atoms with Gasteiger partial charge in [0.1, 0.15) is 12.0 Å². The number of methoxy groups -OCH3 is 1. The largest absolute Gasteiger partial charge is 0.467 e. The molecule has 0 saturated heterocycles. The Balaban J connectivity index is 1.85. The average Bonchev–Trinajstić information content (AvgIpc) is 3.07. The number of ether oxygens (including phenoxy) is 1. The molecule has 0 aliphatic heterocycles. The molecule has 0 unspecified atom stereocenters. The van der Waals surface area contributed by atoms with Crippen LogP contribution in [0.2, 0.25) is 0 Å². The second-order valence-corrected chi connectivity index (χ2v) is 6.70. The van der Waals surface area contributed by atoms with Gasteiger partial charge in [0.05, 0.1) is 19.2 Å². The molecular weight excluding hydrogens is 266 g/mol. The molecule has 1 aromatic heterocycles. The van der Waals surface area contributed by atoms with Gasteiger partial charge >= 0.3 is 5.97 Å². The summed E-state index contributed by atoms with van der Waals surface area (Å²) in [5.74, 6) is 1.17. The molecule has 4 nitrogen and oxygen atoms in total. The van der Waals surface area contributed by atoms with Gasteiger partial charge in [-0.05, 0) is 36.7 Å². The molecule has 2 rings (SSSR count). The first-order chi connectivity index (χ1) is 10.0. The van der Waals surface area contributed by atoms with E-state index in [0.29, 0.717) is 17.5 Å². The number of hydrogen-bond donors (Lipinski definition) is 1. The summed E-state index contributed by atoms with van der Waals surface area (Å²) in [6.45, 7) is 6.29. The Morgan fingerprint density at radius 3 is 2.76 bits per heavy atom. The summed E-state index contributed by atoms with van der Waals surface area (Å²) >= 11 is 0. The van der Waals surface area contributed by atoms with Gasteiger partial charge in [0.25, 0.3) is 0 Å². The predicted molar refractivity (Wildman–Crippen MR) is 82.1 cm³/mol. The fourth-order valence-electron chi connectivity index (χ4n) is 3.59. The first kappa shape index (κ1) is 16.1. The van der Waals surface area contributed by atoms with E-state index in [9.17, 15) is 4.79 Å². The zero-order valence-electron chi connectivity index (χ0n) is 13.4. The van der Waals surface area contributed by atoms with Crippen LogP contribution in [-0.2, 0) is 11.3 Å². The van der Waals surface area contributed by atoms with Crippen molar-refractivity contribution in [1.29, 1.82) is 0 Å². The fraction of sp³-hybridized carbons (Fsp3) is 0.706. The lowest BCUT2D eigenvalue weighted by molar-refractivity contribution is 0.0600. The third kappa shape index (κ3) is 4.34. The lowest BCUT2D eigenvalue weighted by Crippen LogP contribution is -2.33. The third-order valence-corrected chi connectivity index (χ3v) is 4.38. The van der Waals surface area contributed by atoms with Crippen LogP contribution in [0.5, 0.6) is 0 Å². The molecule has 0 bridgehead atoms. The van der Waals surface area contributed by atoms with Crippen LogP contribution in [0.4, 0.5) is 0 Å². The fourth-order valence-corrected chi connectivity index (χ4v) is 3.59. The van der Waals surface area contributed by atoms with Crippen LogP contribution in [-0.4, -0.2) is 19.6 Å². The van der Waals surface area contributed by atoms with Crippen LogP contribution >= 0.6 is 0 Å². The summed E-state index contributed by atoms with van der Waals surface area (Å²) < 4.78 is 10.1. The molecular formula is C17H27NO3. The van der Waals surface area contributed by atoms with Gasteiger partial charge < -0.3 is 14.5 Å². The highest BCUT2D eigenvalue weighted by Gasteiger charge is 2.33. The number of nitrogens with one attached hydrogen (secondary N) is 1. The van der Waals surface area contributed by atoms with Crippen LogP contribution in [0.15, 0.2) is 16.7 Å². The highest BCUT2D eigenvalue weighted by molar-refractivity contribution is 5.88. The van der Waals surface area contributed by atoms with Crippen molar-refractivity contribution < 1.29 is 13.9 Å². The van der Waals surface area contributed by atoms with Gasteiger partial charge in [0, 0.05) is 6.54 Å². The van der Waals surface area contributed by atoms with Crippen LogP contribution < -0.4 is 5.32 Å². The van der Waals surface area contributed by atoms with Crippen molar-refractivity contribution >= 4 is 5.97 Å². The van der Waals surface area contributed by atoms with Gasteiger partial charge in [-0.2, -0.15) is 0 Å². The average molecular weight is 293 g/mol. The second kappa shape index (κ2) is 7.12. The Kier molecular flexibility index (Phi) is 5.45. The Morgan fingerprint density at radius 2 is 2.14 bits per heavy atom. The molecule has 21 heavy (non-hydrogen) atoms. The summed E-state index contributed by atoms with van der Waals surface area (Å²) in [6, 6.07) is 1.75. The van der Waals surface area contributed by atoms with Crippen LogP contribution in [0.3, 0.4) is 0 Å². The molecule has 1 aromatic rings. The lowest BCUT2D eigenvalue weighted by Gasteiger charge is -2.31. The molecule has 0 radical (unpaired) electrons. The Bertz CT molecular complexity index is 458. The Morgan fingerprint density at radius 1 is 1.43 bits per heavy atom. The molecule has 4 heteroatoms. The van der Waals surface area contributed by atoms with E-state index in [0.717, 1.165) is 18.2 Å². The molecule has 1 aliphatic carbocycles. The smallest absolute Gasteiger partial charge is 0.341 e. The number of rotatable bonds is 7. The molecule has 1 N–H and O–H groups in total. The molecule has 1 heterocycles. The van der Waals surface area contributed by atoms with Gasteiger partial charge in [-0.1, -0.05) is 26.7 Å². The van der Waals surface area contributed by atoms with Gasteiger partial charge in [0.15, 0.2) is 0 Å². The van der Waals surface area contributed by atoms with Gasteiger partial charge in [-0.3, -0.25) is 0 Å². The number of esters is 1. The van der Waals surface area contributed by atoms with E-state index in [1.807, 2.05) is 0 Å². The standard InChI is InChI=1S/C17H27NO3/c1-13(2)9-17(6-4-5-7-17)12-18-10-15-8-14(11-21-15)16(19)20-3/h8,11,13,18H,4-7,9-10,12H2,1-3H3. The third-order valence-electron chi connectivity index (χ3n) is 4.38. The quantitative estimate of drug-likeness (QED) is 0.778. The molecule has 0 aromatic carbocycles. The van der Waals surface area contributed by atoms with Crippen molar-refractivity contribution in [1.82, 2.24) is 5.32 Å². The molecule has 1 aliphatic rings. The number of hydrogen-bond acceptors (Lipinski definition) is 4. The molecule has 1 fully saturated rings. The first-order valence-electron chi connectivity index (χ1n) is 7.91. The van der Waals surface area contributed by atoms with E-state index in [4.69, 9.17) is 4.42 Å². The minimum atomic E-state index is -0.350. The van der Waals surface area contributed by atoms with Crippen molar-refractivity contribution in [2.75, 3.05) is 13.7 Å². The van der Waals surface area contributed by atoms with Crippen LogP contribution in [0.25, 0.3) is 0 Å². The highest BCUT2D eigenvalue weighted by Crippen LogP contribution is 2.42. The van der Waals surface area contributed by atoms with Crippen molar-refractivity contribution in [2.24, 2.45) is 11.3 Å². The van der Waals surface area contributed by atoms with Crippen molar-refractivity contribution in [3.8, 4) is 0 Å². The van der Waals surface area contributed by atoms with Crippen molar-refractivity contribution in [3.63, 3.8) is 0 Å². The van der Waals surface area contributed by atoms with Crippen molar-refractivity contribution in [2.45, 2.75) is 52.5 Å². The molecule has 0 amide bonds. The minimum absolute atomic E-state index is 0.350. The maximum absolute atomic E-state index is 11.4. The summed E-state index contributed by atoms with van der Waals surface area (Å²) in [5.41, 5.74) is 0.929. The number of carbonyl (C=O) groups excluding carboxylic acids is 1. The lowest BCUT2D eigenvalue weighted by atomic mass is 9.78. The number of furan rings is 1. The Labute approximate surface area is 127 Å². The van der Waals surface area contributed by atoms with E-state index in [1.165, 1.54) is 45.5 Å². The summed E-state index contributed by atoms with van der Waals surface area (Å²) in [4.78, 5) is 11.4. The maximum Gasteiger partial charge on any atom is 0.341 e. The molecule has 1 saturated carbocycles. The van der Waals surface area contributed by atoms with Crippen molar-refractivity contribution in [3.05, 3.63) is 23.7 Å². The van der Waals surface area contributed by atoms with E-state index in [-0.39, 0.29) is 5.97 Å². The monoisotopic (exact) mass is 293 g/mol. The van der Waals surface area contributed by atoms with E-state index >= 15 is 0 Å². The van der Waals surface area contributed by atoms with E-state index in [1.54, 1.807) is 6.07 Å². The first-order valence-corrected chi connectivity index (χ1v) is 7.91. The zero-order chi connectivity index (χ0) is 15.3.